The average Bonchev–Trinajstić information content (AvgIpc) is 2.81. The molecule has 2 N–H and O–H groups in total. The molecule has 3 rings (SSSR count). The molecule has 0 aliphatic carbocycles. The second-order valence-corrected chi connectivity index (χ2v) is 4.11. The molecule has 0 saturated heterocycles. The van der Waals surface area contributed by atoms with Crippen molar-refractivity contribution in [1.29, 1.82) is 0 Å². The zero-order valence-electron chi connectivity index (χ0n) is 8.98. The zero-order chi connectivity index (χ0) is 12.7. The summed E-state index contributed by atoms with van der Waals surface area (Å²) < 4.78 is 1.31. The van der Waals surface area contributed by atoms with Crippen molar-refractivity contribution in [3.63, 3.8) is 0 Å². The van der Waals surface area contributed by atoms with Gasteiger partial charge in [-0.05, 0) is 24.3 Å². The van der Waals surface area contributed by atoms with Crippen LogP contribution in [0.1, 0.15) is 0 Å². The Bertz CT molecular complexity index is 829. The minimum atomic E-state index is -0.540. The number of rotatable bonds is 1. The monoisotopic (exact) mass is 262 g/mol. The van der Waals surface area contributed by atoms with Gasteiger partial charge in [-0.25, -0.2) is 14.3 Å². The number of aromatic amines is 2. The van der Waals surface area contributed by atoms with Crippen LogP contribution in [-0.2, 0) is 0 Å². The van der Waals surface area contributed by atoms with Gasteiger partial charge in [-0.15, -0.1) is 0 Å². The van der Waals surface area contributed by atoms with Crippen molar-refractivity contribution >= 4 is 22.8 Å². The lowest BCUT2D eigenvalue weighted by Crippen LogP contribution is -2.29. The van der Waals surface area contributed by atoms with E-state index in [1.54, 1.807) is 24.3 Å². The fourth-order valence-corrected chi connectivity index (χ4v) is 1.89. The molecule has 0 fully saturated rings. The second kappa shape index (κ2) is 3.85. The van der Waals surface area contributed by atoms with E-state index in [2.05, 4.69) is 15.0 Å². The summed E-state index contributed by atoms with van der Waals surface area (Å²) in [7, 11) is 0. The van der Waals surface area contributed by atoms with Gasteiger partial charge >= 0.3 is 5.69 Å². The predicted octanol–water partition coefficient (Wildman–Crippen LogP) is 1.06. The van der Waals surface area contributed by atoms with Crippen LogP contribution in [0.5, 0.6) is 0 Å². The molecule has 0 spiro atoms. The van der Waals surface area contributed by atoms with E-state index in [9.17, 15) is 9.59 Å². The first-order valence-electron chi connectivity index (χ1n) is 5.11. The molecule has 6 nitrogen and oxygen atoms in total. The Labute approximate surface area is 105 Å². The molecule has 0 bridgehead atoms. The Morgan fingerprint density at radius 2 is 1.89 bits per heavy atom. The van der Waals surface area contributed by atoms with E-state index in [-0.39, 0.29) is 11.2 Å². The fourth-order valence-electron chi connectivity index (χ4n) is 1.77. The normalized spacial score (nSPS) is 10.9. The highest BCUT2D eigenvalue weighted by Crippen LogP contribution is 2.14. The Morgan fingerprint density at radius 3 is 2.61 bits per heavy atom. The number of aromatic nitrogens is 4. The number of hydrogen-bond acceptors (Lipinski definition) is 3. The molecule has 0 radical (unpaired) electrons. The largest absolute Gasteiger partial charge is 0.339 e. The van der Waals surface area contributed by atoms with Crippen molar-refractivity contribution in [3.05, 3.63) is 56.5 Å². The number of H-pyrrole nitrogens is 2. The average molecular weight is 263 g/mol. The van der Waals surface area contributed by atoms with Crippen LogP contribution in [0.3, 0.4) is 0 Å². The number of hydrogen-bond donors (Lipinski definition) is 2. The molecular weight excluding hydrogens is 256 g/mol. The van der Waals surface area contributed by atoms with Crippen LogP contribution >= 0.6 is 11.6 Å². The van der Waals surface area contributed by atoms with E-state index in [1.807, 2.05) is 0 Å². The topological polar surface area (TPSA) is 83.5 Å². The molecule has 1 aromatic carbocycles. The second-order valence-electron chi connectivity index (χ2n) is 3.67. The predicted molar refractivity (Wildman–Crippen MR) is 67.3 cm³/mol. The third kappa shape index (κ3) is 1.54. The number of nitrogens with one attached hydrogen (secondary N) is 2. The van der Waals surface area contributed by atoms with Gasteiger partial charge < -0.3 is 4.98 Å². The van der Waals surface area contributed by atoms with E-state index in [0.717, 1.165) is 0 Å². The van der Waals surface area contributed by atoms with Gasteiger partial charge in [0.25, 0.3) is 5.56 Å². The molecule has 0 saturated carbocycles. The Balaban J connectivity index is 2.42. The summed E-state index contributed by atoms with van der Waals surface area (Å²) in [5, 5.41) is 0.564. The van der Waals surface area contributed by atoms with Crippen molar-refractivity contribution in [2.45, 2.75) is 0 Å². The fraction of sp³-hybridized carbons (Fsp3) is 0. The van der Waals surface area contributed by atoms with E-state index < -0.39 is 11.2 Å². The standard InChI is InChI=1S/C11H7ClN4O2/c12-6-1-3-7(4-2-6)16-9-8(13-5-14-9)10(17)15-11(16)18/h1-5H,(H,13,14)(H,15,17,18). The molecule has 18 heavy (non-hydrogen) atoms. The molecule has 0 atom stereocenters. The Morgan fingerprint density at radius 1 is 1.17 bits per heavy atom. The van der Waals surface area contributed by atoms with E-state index in [4.69, 9.17) is 11.6 Å². The maximum Gasteiger partial charge on any atom is 0.334 e. The molecule has 0 aliphatic heterocycles. The van der Waals surface area contributed by atoms with Gasteiger partial charge in [0.2, 0.25) is 0 Å². The molecular formula is C11H7ClN4O2. The Kier molecular flexibility index (Phi) is 2.31. The first-order chi connectivity index (χ1) is 8.66. The van der Waals surface area contributed by atoms with E-state index >= 15 is 0 Å². The van der Waals surface area contributed by atoms with Gasteiger partial charge in [-0.1, -0.05) is 11.6 Å². The smallest absolute Gasteiger partial charge is 0.334 e. The molecule has 2 heterocycles. The lowest BCUT2D eigenvalue weighted by Gasteiger charge is -2.05. The van der Waals surface area contributed by atoms with Crippen molar-refractivity contribution in [2.75, 3.05) is 0 Å². The molecule has 2 aromatic heterocycles. The number of imidazole rings is 1. The first-order valence-corrected chi connectivity index (χ1v) is 5.49. The number of fused-ring (bicyclic) bond motifs is 1. The maximum atomic E-state index is 11.9. The summed E-state index contributed by atoms with van der Waals surface area (Å²) in [6, 6.07) is 6.67. The highest BCUT2D eigenvalue weighted by atomic mass is 35.5. The molecule has 90 valence electrons. The van der Waals surface area contributed by atoms with Crippen molar-refractivity contribution in [3.8, 4) is 5.69 Å². The third-order valence-electron chi connectivity index (χ3n) is 2.57. The highest BCUT2D eigenvalue weighted by Gasteiger charge is 2.10. The van der Waals surface area contributed by atoms with Gasteiger partial charge in [0, 0.05) is 5.02 Å². The summed E-state index contributed by atoms with van der Waals surface area (Å²) in [5.74, 6) is 0. The maximum absolute atomic E-state index is 11.9. The summed E-state index contributed by atoms with van der Waals surface area (Å²) >= 11 is 5.79. The summed E-state index contributed by atoms with van der Waals surface area (Å²) in [5.41, 5.74) is 0.0907. The lowest BCUT2D eigenvalue weighted by molar-refractivity contribution is 0.930. The van der Waals surface area contributed by atoms with Gasteiger partial charge in [-0.3, -0.25) is 9.78 Å². The van der Waals surface area contributed by atoms with Crippen LogP contribution in [-0.4, -0.2) is 19.5 Å². The minimum Gasteiger partial charge on any atom is -0.339 e. The van der Waals surface area contributed by atoms with Crippen LogP contribution in [0.2, 0.25) is 5.02 Å². The van der Waals surface area contributed by atoms with Gasteiger partial charge in [0.1, 0.15) is 5.52 Å². The molecule has 0 unspecified atom stereocenters. The molecule has 0 aliphatic rings. The van der Waals surface area contributed by atoms with E-state index in [0.29, 0.717) is 10.7 Å². The molecule has 7 heteroatoms. The van der Waals surface area contributed by atoms with Gasteiger partial charge in [0.05, 0.1) is 12.0 Å². The number of benzene rings is 1. The van der Waals surface area contributed by atoms with Crippen LogP contribution in [0.15, 0.2) is 40.2 Å². The SMILES string of the molecule is O=c1[nH]c(=O)n(-c2ccc(Cl)cc2)c2nc[nH]c12. The number of nitrogens with zero attached hydrogens (tertiary/aromatic N) is 2. The third-order valence-corrected chi connectivity index (χ3v) is 2.82. The Hall–Kier alpha value is -2.34. The van der Waals surface area contributed by atoms with Crippen LogP contribution < -0.4 is 11.2 Å². The number of halogens is 1. The van der Waals surface area contributed by atoms with Crippen LogP contribution in [0.4, 0.5) is 0 Å². The van der Waals surface area contributed by atoms with Crippen molar-refractivity contribution in [2.24, 2.45) is 0 Å². The van der Waals surface area contributed by atoms with Gasteiger partial charge in [-0.2, -0.15) is 0 Å². The van der Waals surface area contributed by atoms with Crippen LogP contribution in [0.25, 0.3) is 16.9 Å². The quantitative estimate of drug-likeness (QED) is 0.688. The van der Waals surface area contributed by atoms with Crippen LogP contribution in [0, 0.1) is 0 Å². The summed E-state index contributed by atoms with van der Waals surface area (Å²) in [6.07, 6.45) is 1.37. The van der Waals surface area contributed by atoms with Gasteiger partial charge in [0.15, 0.2) is 5.65 Å². The summed E-state index contributed by atoms with van der Waals surface area (Å²) in [4.78, 5) is 32.3. The first kappa shape index (κ1) is 10.8. The summed E-state index contributed by atoms with van der Waals surface area (Å²) in [6.45, 7) is 0. The van der Waals surface area contributed by atoms with Crippen molar-refractivity contribution < 1.29 is 0 Å². The van der Waals surface area contributed by atoms with Crippen molar-refractivity contribution in [1.82, 2.24) is 19.5 Å². The molecule has 0 amide bonds. The lowest BCUT2D eigenvalue weighted by atomic mass is 10.3. The highest BCUT2D eigenvalue weighted by molar-refractivity contribution is 6.30. The van der Waals surface area contributed by atoms with E-state index in [1.165, 1.54) is 10.9 Å². The molecule has 3 aromatic rings. The minimum absolute atomic E-state index is 0.254. The zero-order valence-corrected chi connectivity index (χ0v) is 9.73.